The second-order valence-electron chi connectivity index (χ2n) is 3.65. The highest BCUT2D eigenvalue weighted by atomic mass is 35.5. The number of nitrogens with zero attached hydrogens (tertiary/aromatic N) is 3. The Bertz CT molecular complexity index is 511. The van der Waals surface area contributed by atoms with E-state index in [0.29, 0.717) is 5.82 Å². The Morgan fingerprint density at radius 1 is 1.50 bits per heavy atom. The molecule has 7 heteroatoms. The van der Waals surface area contributed by atoms with Crippen molar-refractivity contribution in [2.45, 2.75) is 19.4 Å². The van der Waals surface area contributed by atoms with Crippen LogP contribution < -0.4 is 5.32 Å². The van der Waals surface area contributed by atoms with Gasteiger partial charge in [-0.25, -0.2) is 4.98 Å². The van der Waals surface area contributed by atoms with Crippen LogP contribution in [0.15, 0.2) is 24.5 Å². The van der Waals surface area contributed by atoms with Crippen molar-refractivity contribution in [3.8, 4) is 0 Å². The highest BCUT2D eigenvalue weighted by Gasteiger charge is 2.16. The number of imidazole rings is 1. The number of H-pyrrole nitrogens is 1. The van der Waals surface area contributed by atoms with Crippen molar-refractivity contribution in [1.82, 2.24) is 25.5 Å². The molecule has 0 fully saturated rings. The molecule has 2 heterocycles. The van der Waals surface area contributed by atoms with Gasteiger partial charge in [-0.05, 0) is 18.6 Å². The van der Waals surface area contributed by atoms with Gasteiger partial charge in [-0.3, -0.25) is 4.79 Å². The van der Waals surface area contributed by atoms with Crippen molar-refractivity contribution < 1.29 is 4.79 Å². The average Bonchev–Trinajstić information content (AvgIpc) is 2.90. The van der Waals surface area contributed by atoms with E-state index in [0.717, 1.165) is 6.42 Å². The number of carbonyl (C=O) groups is 1. The summed E-state index contributed by atoms with van der Waals surface area (Å²) in [4.78, 5) is 19.0. The first-order chi connectivity index (χ1) is 8.70. The lowest BCUT2D eigenvalue weighted by Gasteiger charge is -2.13. The van der Waals surface area contributed by atoms with Gasteiger partial charge in [0, 0.05) is 12.4 Å². The molecule has 18 heavy (non-hydrogen) atoms. The summed E-state index contributed by atoms with van der Waals surface area (Å²) in [5.74, 6) is 0.412. The van der Waals surface area contributed by atoms with Crippen molar-refractivity contribution in [2.24, 2.45) is 0 Å². The minimum atomic E-state index is -0.303. The molecule has 94 valence electrons. The SMILES string of the molecule is CCC(NC(=O)c1ccc(Cl)nn1)c1ncc[nH]1. The smallest absolute Gasteiger partial charge is 0.272 e. The zero-order valence-electron chi connectivity index (χ0n) is 9.72. The molecular formula is C11H12ClN5O. The lowest BCUT2D eigenvalue weighted by Crippen LogP contribution is -2.29. The van der Waals surface area contributed by atoms with Gasteiger partial charge in [0.25, 0.3) is 5.91 Å². The molecule has 0 radical (unpaired) electrons. The first-order valence-corrected chi connectivity index (χ1v) is 5.88. The molecule has 0 bridgehead atoms. The summed E-state index contributed by atoms with van der Waals surface area (Å²) in [6.07, 6.45) is 4.08. The standard InChI is InChI=1S/C11H12ClN5O/c1-2-7(10-13-5-6-14-10)15-11(18)8-3-4-9(12)17-16-8/h3-7H,2H2,1H3,(H,13,14)(H,15,18). The first-order valence-electron chi connectivity index (χ1n) is 5.50. The molecule has 2 aromatic rings. The lowest BCUT2D eigenvalue weighted by atomic mass is 10.2. The fraction of sp³-hybridized carbons (Fsp3) is 0.273. The molecule has 2 N–H and O–H groups in total. The summed E-state index contributed by atoms with van der Waals surface area (Å²) in [6.45, 7) is 1.96. The summed E-state index contributed by atoms with van der Waals surface area (Å²) in [6, 6.07) is 2.88. The summed E-state index contributed by atoms with van der Waals surface area (Å²) in [7, 11) is 0. The van der Waals surface area contributed by atoms with Gasteiger partial charge in [0.05, 0.1) is 6.04 Å². The van der Waals surface area contributed by atoms with E-state index in [-0.39, 0.29) is 22.8 Å². The number of aromatic nitrogens is 4. The third-order valence-corrected chi connectivity index (χ3v) is 2.63. The van der Waals surface area contributed by atoms with Gasteiger partial charge in [-0.2, -0.15) is 0 Å². The van der Waals surface area contributed by atoms with Gasteiger partial charge < -0.3 is 10.3 Å². The zero-order chi connectivity index (χ0) is 13.0. The number of nitrogens with one attached hydrogen (secondary N) is 2. The molecule has 1 amide bonds. The number of amides is 1. The molecule has 0 aromatic carbocycles. The summed E-state index contributed by atoms with van der Waals surface area (Å²) >= 11 is 5.61. The fourth-order valence-electron chi connectivity index (χ4n) is 1.50. The third-order valence-electron chi connectivity index (χ3n) is 2.43. The fourth-order valence-corrected chi connectivity index (χ4v) is 1.60. The maximum absolute atomic E-state index is 11.9. The maximum Gasteiger partial charge on any atom is 0.272 e. The van der Waals surface area contributed by atoms with E-state index in [9.17, 15) is 4.79 Å². The number of halogens is 1. The van der Waals surface area contributed by atoms with Crippen LogP contribution >= 0.6 is 11.6 Å². The normalized spacial score (nSPS) is 12.1. The Labute approximate surface area is 109 Å². The van der Waals surface area contributed by atoms with Gasteiger partial charge in [-0.15, -0.1) is 10.2 Å². The molecule has 6 nitrogen and oxygen atoms in total. The van der Waals surface area contributed by atoms with Crippen molar-refractivity contribution in [3.05, 3.63) is 41.2 Å². The predicted molar refractivity (Wildman–Crippen MR) is 66.1 cm³/mol. The van der Waals surface area contributed by atoms with Crippen molar-refractivity contribution >= 4 is 17.5 Å². The van der Waals surface area contributed by atoms with E-state index in [4.69, 9.17) is 11.6 Å². The van der Waals surface area contributed by atoms with Gasteiger partial charge in [0.1, 0.15) is 5.82 Å². The Morgan fingerprint density at radius 3 is 2.89 bits per heavy atom. The maximum atomic E-state index is 11.9. The van der Waals surface area contributed by atoms with Crippen LogP contribution in [0.3, 0.4) is 0 Å². The van der Waals surface area contributed by atoms with E-state index in [1.165, 1.54) is 12.1 Å². The van der Waals surface area contributed by atoms with E-state index in [1.807, 2.05) is 6.92 Å². The zero-order valence-corrected chi connectivity index (χ0v) is 10.5. The summed E-state index contributed by atoms with van der Waals surface area (Å²) < 4.78 is 0. The minimum Gasteiger partial charge on any atom is -0.347 e. The molecule has 0 aliphatic heterocycles. The number of hydrogen-bond donors (Lipinski definition) is 2. The first kappa shape index (κ1) is 12.5. The number of rotatable bonds is 4. The minimum absolute atomic E-state index is 0.176. The van der Waals surface area contributed by atoms with Crippen LogP contribution in [0.1, 0.15) is 35.7 Å². The van der Waals surface area contributed by atoms with E-state index >= 15 is 0 Å². The third kappa shape index (κ3) is 2.84. The average molecular weight is 266 g/mol. The van der Waals surface area contributed by atoms with Crippen molar-refractivity contribution in [1.29, 1.82) is 0 Å². The monoisotopic (exact) mass is 265 g/mol. The second kappa shape index (κ2) is 5.59. The van der Waals surface area contributed by atoms with Gasteiger partial charge in [-0.1, -0.05) is 18.5 Å². The van der Waals surface area contributed by atoms with Crippen LogP contribution in [0.5, 0.6) is 0 Å². The van der Waals surface area contributed by atoms with Crippen LogP contribution in [-0.4, -0.2) is 26.1 Å². The molecular weight excluding hydrogens is 254 g/mol. The molecule has 0 saturated carbocycles. The Kier molecular flexibility index (Phi) is 3.88. The van der Waals surface area contributed by atoms with E-state index in [2.05, 4.69) is 25.5 Å². The number of carbonyl (C=O) groups excluding carboxylic acids is 1. The van der Waals surface area contributed by atoms with Gasteiger partial charge in [0.2, 0.25) is 0 Å². The van der Waals surface area contributed by atoms with E-state index < -0.39 is 0 Å². The highest BCUT2D eigenvalue weighted by molar-refractivity contribution is 6.29. The lowest BCUT2D eigenvalue weighted by molar-refractivity contribution is 0.0928. The molecule has 2 rings (SSSR count). The molecule has 0 saturated heterocycles. The summed E-state index contributed by atoms with van der Waals surface area (Å²) in [5, 5.41) is 10.4. The largest absolute Gasteiger partial charge is 0.347 e. The molecule has 0 spiro atoms. The van der Waals surface area contributed by atoms with Crippen LogP contribution in [-0.2, 0) is 0 Å². The Balaban J connectivity index is 2.08. The van der Waals surface area contributed by atoms with Gasteiger partial charge >= 0.3 is 0 Å². The topological polar surface area (TPSA) is 83.6 Å². The predicted octanol–water partition coefficient (Wildman–Crippen LogP) is 1.73. The second-order valence-corrected chi connectivity index (χ2v) is 4.04. The van der Waals surface area contributed by atoms with Crippen molar-refractivity contribution in [2.75, 3.05) is 0 Å². The molecule has 0 aliphatic carbocycles. The molecule has 0 aliphatic rings. The van der Waals surface area contributed by atoms with Gasteiger partial charge in [0.15, 0.2) is 10.8 Å². The van der Waals surface area contributed by atoms with E-state index in [1.54, 1.807) is 12.4 Å². The molecule has 2 aromatic heterocycles. The van der Waals surface area contributed by atoms with Crippen LogP contribution in [0.4, 0.5) is 0 Å². The Hall–Kier alpha value is -1.95. The number of aromatic amines is 1. The van der Waals surface area contributed by atoms with Crippen LogP contribution in [0, 0.1) is 0 Å². The van der Waals surface area contributed by atoms with Crippen LogP contribution in [0.25, 0.3) is 0 Å². The molecule has 1 unspecified atom stereocenters. The van der Waals surface area contributed by atoms with Crippen LogP contribution in [0.2, 0.25) is 5.15 Å². The highest BCUT2D eigenvalue weighted by Crippen LogP contribution is 2.12. The van der Waals surface area contributed by atoms with Crippen molar-refractivity contribution in [3.63, 3.8) is 0 Å². The Morgan fingerprint density at radius 2 is 2.33 bits per heavy atom. The number of hydrogen-bond acceptors (Lipinski definition) is 4. The summed E-state index contributed by atoms with van der Waals surface area (Å²) in [5.41, 5.74) is 0.226. The molecule has 1 atom stereocenters. The quantitative estimate of drug-likeness (QED) is 0.882.